The SMILES string of the molecule is CCOC(=O)c1ccccc1C(=O)O.Cc1[nH]cc[n+]1C. The quantitative estimate of drug-likeness (QED) is 0.666. The van der Waals surface area contributed by atoms with Crippen molar-refractivity contribution in [3.05, 3.63) is 53.6 Å². The van der Waals surface area contributed by atoms with Crippen molar-refractivity contribution >= 4 is 11.9 Å². The van der Waals surface area contributed by atoms with E-state index in [1.807, 2.05) is 30.9 Å². The highest BCUT2D eigenvalue weighted by molar-refractivity contribution is 6.02. The monoisotopic (exact) mass is 291 g/mol. The summed E-state index contributed by atoms with van der Waals surface area (Å²) in [6.45, 7) is 3.92. The maximum absolute atomic E-state index is 11.3. The van der Waals surface area contributed by atoms with E-state index in [-0.39, 0.29) is 17.7 Å². The summed E-state index contributed by atoms with van der Waals surface area (Å²) in [7, 11) is 2.01. The number of hydrogen-bond acceptors (Lipinski definition) is 3. The molecule has 0 saturated carbocycles. The van der Waals surface area contributed by atoms with Gasteiger partial charge in [0.2, 0.25) is 0 Å². The molecule has 0 aliphatic heterocycles. The van der Waals surface area contributed by atoms with Gasteiger partial charge in [0, 0.05) is 6.92 Å². The fraction of sp³-hybridized carbons (Fsp3) is 0.267. The van der Waals surface area contributed by atoms with Crippen molar-refractivity contribution in [2.75, 3.05) is 6.61 Å². The van der Waals surface area contributed by atoms with Gasteiger partial charge in [-0.15, -0.1) is 0 Å². The number of aromatic amines is 1. The minimum atomic E-state index is -1.13. The summed E-state index contributed by atoms with van der Waals surface area (Å²) in [5.74, 6) is -0.556. The maximum atomic E-state index is 11.3. The first-order chi connectivity index (χ1) is 9.97. The smallest absolute Gasteiger partial charge is 0.338 e. The Labute approximate surface area is 123 Å². The van der Waals surface area contributed by atoms with Crippen molar-refractivity contribution in [1.82, 2.24) is 4.98 Å². The van der Waals surface area contributed by atoms with Crippen LogP contribution in [-0.2, 0) is 11.8 Å². The highest BCUT2D eigenvalue weighted by atomic mass is 16.5. The van der Waals surface area contributed by atoms with Crippen molar-refractivity contribution < 1.29 is 24.0 Å². The van der Waals surface area contributed by atoms with E-state index in [9.17, 15) is 9.59 Å². The van der Waals surface area contributed by atoms with Crippen molar-refractivity contribution in [3.8, 4) is 0 Å². The number of hydrogen-bond donors (Lipinski definition) is 2. The number of aromatic carboxylic acids is 1. The van der Waals surface area contributed by atoms with Gasteiger partial charge >= 0.3 is 11.9 Å². The Morgan fingerprint density at radius 1 is 1.29 bits per heavy atom. The van der Waals surface area contributed by atoms with Gasteiger partial charge in [-0.05, 0) is 19.1 Å². The summed E-state index contributed by atoms with van der Waals surface area (Å²) >= 11 is 0. The maximum Gasteiger partial charge on any atom is 0.338 e. The molecule has 1 aromatic heterocycles. The Hall–Kier alpha value is -2.63. The molecule has 0 amide bonds. The molecule has 0 fully saturated rings. The molecule has 0 radical (unpaired) electrons. The highest BCUT2D eigenvalue weighted by Gasteiger charge is 2.15. The molecular weight excluding hydrogens is 272 g/mol. The van der Waals surface area contributed by atoms with Crippen LogP contribution in [0.2, 0.25) is 0 Å². The highest BCUT2D eigenvalue weighted by Crippen LogP contribution is 2.09. The van der Waals surface area contributed by atoms with E-state index >= 15 is 0 Å². The molecule has 0 aliphatic rings. The minimum absolute atomic E-state index is 0.0362. The molecule has 0 bridgehead atoms. The van der Waals surface area contributed by atoms with Crippen molar-refractivity contribution in [2.24, 2.45) is 7.05 Å². The lowest BCUT2D eigenvalue weighted by Gasteiger charge is -2.04. The zero-order chi connectivity index (χ0) is 15.8. The lowest BCUT2D eigenvalue weighted by molar-refractivity contribution is -0.676. The number of aryl methyl sites for hydroxylation is 2. The number of H-pyrrole nitrogens is 1. The van der Waals surface area contributed by atoms with Gasteiger partial charge in [0.05, 0.1) is 24.8 Å². The van der Waals surface area contributed by atoms with E-state index in [1.165, 1.54) is 18.0 Å². The molecule has 6 heteroatoms. The van der Waals surface area contributed by atoms with E-state index < -0.39 is 11.9 Å². The first-order valence-corrected chi connectivity index (χ1v) is 6.46. The Morgan fingerprint density at radius 3 is 2.29 bits per heavy atom. The van der Waals surface area contributed by atoms with E-state index in [1.54, 1.807) is 19.1 Å². The van der Waals surface area contributed by atoms with Crippen LogP contribution in [0.15, 0.2) is 36.7 Å². The number of carbonyl (C=O) groups is 2. The van der Waals surface area contributed by atoms with Crippen LogP contribution in [0, 0.1) is 6.92 Å². The Bertz CT molecular complexity index is 603. The van der Waals surface area contributed by atoms with Crippen LogP contribution in [0.3, 0.4) is 0 Å². The molecule has 0 unspecified atom stereocenters. The van der Waals surface area contributed by atoms with Gasteiger partial charge in [-0.3, -0.25) is 0 Å². The number of carboxylic acid groups (broad SMARTS) is 1. The van der Waals surface area contributed by atoms with Crippen LogP contribution in [-0.4, -0.2) is 28.6 Å². The molecule has 0 aliphatic carbocycles. The number of nitrogens with one attached hydrogen (secondary N) is 1. The van der Waals surface area contributed by atoms with Gasteiger partial charge in [-0.25, -0.2) is 19.1 Å². The minimum Gasteiger partial charge on any atom is -0.478 e. The van der Waals surface area contributed by atoms with Gasteiger partial charge in [0.1, 0.15) is 12.4 Å². The van der Waals surface area contributed by atoms with Crippen LogP contribution in [0.25, 0.3) is 0 Å². The lowest BCUT2D eigenvalue weighted by Crippen LogP contribution is -2.27. The van der Waals surface area contributed by atoms with Gasteiger partial charge in [0.15, 0.2) is 0 Å². The molecule has 2 rings (SSSR count). The zero-order valence-electron chi connectivity index (χ0n) is 12.3. The fourth-order valence-corrected chi connectivity index (χ4v) is 1.54. The second-order valence-corrected chi connectivity index (χ2v) is 4.23. The van der Waals surface area contributed by atoms with Gasteiger partial charge in [-0.2, -0.15) is 0 Å². The number of carbonyl (C=O) groups excluding carboxylic acids is 1. The number of esters is 1. The Morgan fingerprint density at radius 2 is 1.90 bits per heavy atom. The number of imidazole rings is 1. The van der Waals surface area contributed by atoms with Crippen LogP contribution >= 0.6 is 0 Å². The largest absolute Gasteiger partial charge is 0.478 e. The summed E-state index contributed by atoms with van der Waals surface area (Å²) in [5, 5.41) is 8.77. The molecule has 2 N–H and O–H groups in total. The standard InChI is InChI=1S/C10H10O4.C5H8N2/c1-2-14-10(13)8-6-4-3-5-7(8)9(11)12;1-5-6-3-4-7(5)2/h3-6H,2H2,1H3,(H,11,12);3-4H,1-2H3/p+1. The second-order valence-electron chi connectivity index (χ2n) is 4.23. The molecule has 0 spiro atoms. The second kappa shape index (κ2) is 7.84. The third-order valence-electron chi connectivity index (χ3n) is 2.77. The number of benzene rings is 1. The van der Waals surface area contributed by atoms with Gasteiger partial charge < -0.3 is 9.84 Å². The van der Waals surface area contributed by atoms with E-state index in [0.29, 0.717) is 0 Å². The first-order valence-electron chi connectivity index (χ1n) is 6.46. The molecule has 0 atom stereocenters. The third kappa shape index (κ3) is 4.76. The number of aromatic nitrogens is 2. The average Bonchev–Trinajstić information content (AvgIpc) is 2.83. The van der Waals surface area contributed by atoms with Crippen molar-refractivity contribution in [1.29, 1.82) is 0 Å². The van der Waals surface area contributed by atoms with E-state index in [2.05, 4.69) is 4.98 Å². The zero-order valence-corrected chi connectivity index (χ0v) is 12.3. The van der Waals surface area contributed by atoms with Gasteiger partial charge in [0.25, 0.3) is 5.82 Å². The molecule has 2 aromatic rings. The fourth-order valence-electron chi connectivity index (χ4n) is 1.54. The number of carboxylic acids is 1. The molecular formula is C15H19N2O4+. The molecule has 112 valence electrons. The molecule has 0 saturated heterocycles. The predicted molar refractivity (Wildman–Crippen MR) is 76.1 cm³/mol. The van der Waals surface area contributed by atoms with Crippen molar-refractivity contribution in [2.45, 2.75) is 13.8 Å². The van der Waals surface area contributed by atoms with E-state index in [0.717, 1.165) is 0 Å². The Kier molecular flexibility index (Phi) is 6.13. The molecule has 1 heterocycles. The molecule has 6 nitrogen and oxygen atoms in total. The topological polar surface area (TPSA) is 83.3 Å². The van der Waals surface area contributed by atoms with Crippen LogP contribution in [0.5, 0.6) is 0 Å². The number of ether oxygens (including phenoxy) is 1. The third-order valence-corrected chi connectivity index (χ3v) is 2.77. The average molecular weight is 291 g/mol. The molecule has 1 aromatic carbocycles. The summed E-state index contributed by atoms with van der Waals surface area (Å²) in [4.78, 5) is 25.0. The normalized spacial score (nSPS) is 9.48. The predicted octanol–water partition coefficient (Wildman–Crippen LogP) is 1.71. The summed E-state index contributed by atoms with van der Waals surface area (Å²) < 4.78 is 6.74. The Balaban J connectivity index is 0.000000262. The number of rotatable bonds is 3. The van der Waals surface area contributed by atoms with Crippen LogP contribution in [0.1, 0.15) is 33.5 Å². The van der Waals surface area contributed by atoms with E-state index in [4.69, 9.17) is 9.84 Å². The first kappa shape index (κ1) is 16.4. The summed E-state index contributed by atoms with van der Waals surface area (Å²) in [6.07, 6.45) is 3.89. The lowest BCUT2D eigenvalue weighted by atomic mass is 10.1. The van der Waals surface area contributed by atoms with Crippen LogP contribution < -0.4 is 4.57 Å². The summed E-state index contributed by atoms with van der Waals surface area (Å²) in [6, 6.07) is 5.96. The number of nitrogens with zero attached hydrogens (tertiary/aromatic N) is 1. The summed E-state index contributed by atoms with van der Waals surface area (Å²) in [5.41, 5.74) is 0.0489. The van der Waals surface area contributed by atoms with Crippen molar-refractivity contribution in [3.63, 3.8) is 0 Å². The van der Waals surface area contributed by atoms with Gasteiger partial charge in [-0.1, -0.05) is 12.1 Å². The molecule has 21 heavy (non-hydrogen) atoms. The van der Waals surface area contributed by atoms with Crippen LogP contribution in [0.4, 0.5) is 0 Å².